The smallest absolute Gasteiger partial charge is 0.338 e. The van der Waals surface area contributed by atoms with E-state index in [1.165, 1.54) is 13.2 Å². The fraction of sp³-hybridized carbons (Fsp3) is 0.111. The molecular formula is C9H5ClINO2. The molecule has 1 rings (SSSR count). The molecular weight excluding hydrogens is 316 g/mol. The molecule has 0 unspecified atom stereocenters. The second-order valence-electron chi connectivity index (χ2n) is 2.42. The normalized spacial score (nSPS) is 9.29. The van der Waals surface area contributed by atoms with Gasteiger partial charge in [-0.3, -0.25) is 0 Å². The molecule has 1 aromatic carbocycles. The number of ether oxygens (including phenoxy) is 1. The summed E-state index contributed by atoms with van der Waals surface area (Å²) in [6.45, 7) is 0. The summed E-state index contributed by atoms with van der Waals surface area (Å²) in [5.74, 6) is -0.458. The van der Waals surface area contributed by atoms with E-state index in [9.17, 15) is 4.79 Å². The van der Waals surface area contributed by atoms with Crippen LogP contribution >= 0.6 is 34.2 Å². The highest BCUT2D eigenvalue weighted by Gasteiger charge is 2.13. The molecule has 0 bridgehead atoms. The number of carbonyl (C=O) groups is 1. The molecule has 0 aliphatic heterocycles. The number of nitrogens with zero attached hydrogens (tertiary/aromatic N) is 1. The summed E-state index contributed by atoms with van der Waals surface area (Å²) in [7, 11) is 1.30. The van der Waals surface area contributed by atoms with Gasteiger partial charge in [0.2, 0.25) is 0 Å². The third-order valence-electron chi connectivity index (χ3n) is 1.58. The summed E-state index contributed by atoms with van der Waals surface area (Å²) in [4.78, 5) is 11.2. The number of esters is 1. The monoisotopic (exact) mass is 321 g/mol. The van der Waals surface area contributed by atoms with Crippen LogP contribution in [0.5, 0.6) is 0 Å². The topological polar surface area (TPSA) is 50.1 Å². The Kier molecular flexibility index (Phi) is 3.72. The predicted octanol–water partition coefficient (Wildman–Crippen LogP) is 2.60. The van der Waals surface area contributed by atoms with Gasteiger partial charge < -0.3 is 4.74 Å². The van der Waals surface area contributed by atoms with Gasteiger partial charge in [0.25, 0.3) is 0 Å². The lowest BCUT2D eigenvalue weighted by atomic mass is 10.1. The molecule has 72 valence electrons. The maximum absolute atomic E-state index is 11.2. The van der Waals surface area contributed by atoms with Crippen molar-refractivity contribution in [2.75, 3.05) is 7.11 Å². The average molecular weight is 322 g/mol. The van der Waals surface area contributed by atoms with Crippen molar-refractivity contribution in [1.82, 2.24) is 0 Å². The summed E-state index contributed by atoms with van der Waals surface area (Å²) in [6, 6.07) is 4.92. The first-order valence-electron chi connectivity index (χ1n) is 3.57. The highest BCUT2D eigenvalue weighted by atomic mass is 127. The van der Waals surface area contributed by atoms with Gasteiger partial charge in [-0.2, -0.15) is 5.26 Å². The van der Waals surface area contributed by atoms with E-state index in [1.807, 2.05) is 28.7 Å². The van der Waals surface area contributed by atoms with E-state index in [-0.39, 0.29) is 5.02 Å². The van der Waals surface area contributed by atoms with Gasteiger partial charge in [-0.25, -0.2) is 4.79 Å². The zero-order valence-corrected chi connectivity index (χ0v) is 10.1. The molecule has 0 heterocycles. The molecule has 0 aliphatic rings. The zero-order valence-electron chi connectivity index (χ0n) is 7.17. The van der Waals surface area contributed by atoms with E-state index in [1.54, 1.807) is 6.07 Å². The lowest BCUT2D eigenvalue weighted by molar-refractivity contribution is 0.0599. The van der Waals surface area contributed by atoms with Gasteiger partial charge in [0.15, 0.2) is 0 Å². The van der Waals surface area contributed by atoms with E-state index in [0.717, 1.165) is 0 Å². The Morgan fingerprint density at radius 1 is 1.64 bits per heavy atom. The fourth-order valence-corrected chi connectivity index (χ4v) is 1.79. The molecule has 0 radical (unpaired) electrons. The van der Waals surface area contributed by atoms with Crippen molar-refractivity contribution in [3.05, 3.63) is 31.9 Å². The highest BCUT2D eigenvalue weighted by Crippen LogP contribution is 2.22. The van der Waals surface area contributed by atoms with Crippen LogP contribution in [0, 0.1) is 14.9 Å². The molecule has 14 heavy (non-hydrogen) atoms. The molecule has 0 amide bonds. The summed E-state index contributed by atoms with van der Waals surface area (Å²) < 4.78 is 5.21. The first-order valence-corrected chi connectivity index (χ1v) is 5.03. The van der Waals surface area contributed by atoms with Crippen LogP contribution in [0.1, 0.15) is 15.9 Å². The van der Waals surface area contributed by atoms with Gasteiger partial charge in [-0.1, -0.05) is 11.6 Å². The maximum atomic E-state index is 11.2. The van der Waals surface area contributed by atoms with Crippen LogP contribution < -0.4 is 0 Å². The molecule has 0 atom stereocenters. The zero-order chi connectivity index (χ0) is 10.7. The number of halogens is 2. The number of hydrogen-bond donors (Lipinski definition) is 0. The van der Waals surface area contributed by atoms with Crippen molar-refractivity contribution in [3.63, 3.8) is 0 Å². The summed E-state index contributed by atoms with van der Waals surface area (Å²) in [6.07, 6.45) is 0. The first kappa shape index (κ1) is 11.3. The van der Waals surface area contributed by atoms with Gasteiger partial charge in [0, 0.05) is 3.57 Å². The number of hydrogen-bond acceptors (Lipinski definition) is 3. The maximum Gasteiger partial charge on any atom is 0.338 e. The van der Waals surface area contributed by atoms with Crippen LogP contribution in [-0.4, -0.2) is 13.1 Å². The van der Waals surface area contributed by atoms with Crippen LogP contribution in [-0.2, 0) is 4.74 Å². The summed E-state index contributed by atoms with van der Waals surface area (Å²) in [5.41, 5.74) is 0.723. The van der Waals surface area contributed by atoms with Crippen molar-refractivity contribution in [3.8, 4) is 6.07 Å². The minimum absolute atomic E-state index is 0.258. The standard InChI is InChI=1S/C9H5ClINO2/c1-14-9(13)6-3-7(10)5(4-12)2-8(6)11/h2-3H,1H3. The van der Waals surface area contributed by atoms with Crippen molar-refractivity contribution < 1.29 is 9.53 Å². The molecule has 0 aromatic heterocycles. The molecule has 5 heteroatoms. The van der Waals surface area contributed by atoms with Crippen LogP contribution in [0.4, 0.5) is 0 Å². The summed E-state index contributed by atoms with van der Waals surface area (Å²) >= 11 is 7.72. The number of nitriles is 1. The number of carbonyl (C=O) groups excluding carboxylic acids is 1. The second kappa shape index (κ2) is 4.62. The highest BCUT2D eigenvalue weighted by molar-refractivity contribution is 14.1. The predicted molar refractivity (Wildman–Crippen MR) is 60.2 cm³/mol. The molecule has 1 aromatic rings. The lowest BCUT2D eigenvalue weighted by Gasteiger charge is -2.03. The van der Waals surface area contributed by atoms with Crippen molar-refractivity contribution in [2.45, 2.75) is 0 Å². The largest absolute Gasteiger partial charge is 0.465 e. The average Bonchev–Trinajstić information content (AvgIpc) is 2.19. The van der Waals surface area contributed by atoms with Crippen LogP contribution in [0.2, 0.25) is 5.02 Å². The Labute approximate surface area is 99.8 Å². The molecule has 0 spiro atoms. The third kappa shape index (κ3) is 2.16. The Hall–Kier alpha value is -0.800. The van der Waals surface area contributed by atoms with E-state index >= 15 is 0 Å². The van der Waals surface area contributed by atoms with Crippen molar-refractivity contribution in [2.24, 2.45) is 0 Å². The molecule has 0 aliphatic carbocycles. The Balaban J connectivity index is 3.30. The lowest BCUT2D eigenvalue weighted by Crippen LogP contribution is -2.04. The molecule has 3 nitrogen and oxygen atoms in total. The van der Waals surface area contributed by atoms with E-state index < -0.39 is 5.97 Å². The number of methoxy groups -OCH3 is 1. The number of benzene rings is 1. The fourth-order valence-electron chi connectivity index (χ4n) is 0.899. The Morgan fingerprint density at radius 3 is 2.79 bits per heavy atom. The quantitative estimate of drug-likeness (QED) is 0.590. The Bertz CT molecular complexity index is 426. The van der Waals surface area contributed by atoms with Crippen molar-refractivity contribution in [1.29, 1.82) is 5.26 Å². The van der Waals surface area contributed by atoms with Gasteiger partial charge in [0.1, 0.15) is 6.07 Å². The van der Waals surface area contributed by atoms with Gasteiger partial charge in [-0.15, -0.1) is 0 Å². The second-order valence-corrected chi connectivity index (χ2v) is 3.98. The minimum Gasteiger partial charge on any atom is -0.465 e. The molecule has 0 saturated carbocycles. The van der Waals surface area contributed by atoms with Crippen LogP contribution in [0.15, 0.2) is 12.1 Å². The summed E-state index contributed by atoms with van der Waals surface area (Å²) in [5, 5.41) is 8.93. The van der Waals surface area contributed by atoms with Gasteiger partial charge >= 0.3 is 5.97 Å². The van der Waals surface area contributed by atoms with E-state index in [2.05, 4.69) is 4.74 Å². The molecule has 0 N–H and O–H groups in total. The number of rotatable bonds is 1. The molecule has 0 fully saturated rings. The van der Waals surface area contributed by atoms with Gasteiger partial charge in [0.05, 0.1) is 23.3 Å². The SMILES string of the molecule is COC(=O)c1cc(Cl)c(C#N)cc1I. The van der Waals surface area contributed by atoms with Crippen molar-refractivity contribution >= 4 is 40.2 Å². The minimum atomic E-state index is -0.458. The third-order valence-corrected chi connectivity index (χ3v) is 2.79. The van der Waals surface area contributed by atoms with Crippen LogP contribution in [0.25, 0.3) is 0 Å². The van der Waals surface area contributed by atoms with Crippen LogP contribution in [0.3, 0.4) is 0 Å². The first-order chi connectivity index (χ1) is 6.60. The Morgan fingerprint density at radius 2 is 2.29 bits per heavy atom. The molecule has 0 saturated heterocycles. The van der Waals surface area contributed by atoms with E-state index in [4.69, 9.17) is 16.9 Å². The van der Waals surface area contributed by atoms with E-state index in [0.29, 0.717) is 14.7 Å². The van der Waals surface area contributed by atoms with Gasteiger partial charge in [-0.05, 0) is 34.7 Å².